The first-order chi connectivity index (χ1) is 10.5. The quantitative estimate of drug-likeness (QED) is 0.865. The normalized spacial score (nSPS) is 26.1. The first-order valence-electron chi connectivity index (χ1n) is 7.76. The topological polar surface area (TPSA) is 64.7 Å². The van der Waals surface area contributed by atoms with Crippen LogP contribution < -0.4 is 20.4 Å². The van der Waals surface area contributed by atoms with Gasteiger partial charge in [-0.1, -0.05) is 0 Å². The molecule has 0 radical (unpaired) electrons. The number of carbonyl (C=O) groups excluding carboxylic acids is 2. The highest BCUT2D eigenvalue weighted by Crippen LogP contribution is 2.24. The molecule has 118 valence electrons. The molecule has 0 aliphatic carbocycles. The molecule has 3 rings (SSSR count). The van der Waals surface area contributed by atoms with Crippen molar-refractivity contribution in [2.24, 2.45) is 0 Å². The average Bonchev–Trinajstić information content (AvgIpc) is 2.50. The van der Waals surface area contributed by atoms with Crippen molar-refractivity contribution < 1.29 is 9.59 Å². The Morgan fingerprint density at radius 3 is 2.45 bits per heavy atom. The Labute approximate surface area is 130 Å². The Hall–Kier alpha value is -2.08. The molecule has 2 aliphatic heterocycles. The van der Waals surface area contributed by atoms with Gasteiger partial charge in [-0.2, -0.15) is 0 Å². The Kier molecular flexibility index (Phi) is 4.02. The number of rotatable bonds is 2. The van der Waals surface area contributed by atoms with Crippen LogP contribution in [0.4, 0.5) is 16.2 Å². The lowest BCUT2D eigenvalue weighted by atomic mass is 10.1. The van der Waals surface area contributed by atoms with Gasteiger partial charge in [0.25, 0.3) is 0 Å². The van der Waals surface area contributed by atoms with Gasteiger partial charge in [-0.05, 0) is 38.1 Å². The second-order valence-electron chi connectivity index (χ2n) is 6.08. The van der Waals surface area contributed by atoms with Crippen LogP contribution in [0, 0.1) is 0 Å². The van der Waals surface area contributed by atoms with Crippen molar-refractivity contribution in [3.05, 3.63) is 24.3 Å². The minimum absolute atomic E-state index is 0.207. The van der Waals surface area contributed by atoms with Crippen molar-refractivity contribution in [1.82, 2.24) is 10.6 Å². The van der Waals surface area contributed by atoms with Gasteiger partial charge in [0, 0.05) is 49.5 Å². The molecular weight excluding hydrogens is 280 g/mol. The summed E-state index contributed by atoms with van der Waals surface area (Å²) in [5.74, 6) is -0.207. The van der Waals surface area contributed by atoms with Gasteiger partial charge in [-0.15, -0.1) is 0 Å². The number of benzene rings is 1. The van der Waals surface area contributed by atoms with Crippen molar-refractivity contribution in [3.8, 4) is 0 Å². The van der Waals surface area contributed by atoms with Crippen LogP contribution in [0.1, 0.15) is 20.3 Å². The fourth-order valence-electron chi connectivity index (χ4n) is 3.02. The summed E-state index contributed by atoms with van der Waals surface area (Å²) in [4.78, 5) is 27.1. The summed E-state index contributed by atoms with van der Waals surface area (Å²) in [5, 5.41) is 5.82. The van der Waals surface area contributed by atoms with E-state index in [1.165, 1.54) is 0 Å². The summed E-state index contributed by atoms with van der Waals surface area (Å²) in [6.45, 7) is 6.77. The Morgan fingerprint density at radius 2 is 1.77 bits per heavy atom. The molecule has 6 nitrogen and oxygen atoms in total. The molecule has 1 aromatic rings. The van der Waals surface area contributed by atoms with Crippen molar-refractivity contribution >= 4 is 23.3 Å². The Bertz CT molecular complexity index is 572. The molecule has 1 aromatic carbocycles. The molecule has 0 spiro atoms. The lowest BCUT2D eigenvalue weighted by molar-refractivity contribution is -0.120. The van der Waals surface area contributed by atoms with Crippen LogP contribution in [-0.4, -0.2) is 43.7 Å². The molecule has 0 aromatic heterocycles. The number of amides is 3. The summed E-state index contributed by atoms with van der Waals surface area (Å²) < 4.78 is 0. The molecule has 0 unspecified atom stereocenters. The van der Waals surface area contributed by atoms with E-state index in [1.807, 2.05) is 24.3 Å². The number of hydrogen-bond donors (Lipinski definition) is 2. The number of urea groups is 1. The van der Waals surface area contributed by atoms with Gasteiger partial charge >= 0.3 is 6.03 Å². The number of piperazine rings is 1. The van der Waals surface area contributed by atoms with Crippen molar-refractivity contribution in [3.63, 3.8) is 0 Å². The number of anilines is 2. The molecule has 2 atom stereocenters. The van der Waals surface area contributed by atoms with E-state index in [4.69, 9.17) is 0 Å². The summed E-state index contributed by atoms with van der Waals surface area (Å²) in [6, 6.07) is 8.57. The van der Waals surface area contributed by atoms with Gasteiger partial charge in [0.15, 0.2) is 0 Å². The zero-order valence-electron chi connectivity index (χ0n) is 13.0. The maximum absolute atomic E-state index is 11.9. The van der Waals surface area contributed by atoms with E-state index in [0.717, 1.165) is 24.5 Å². The molecular formula is C16H22N4O2. The third kappa shape index (κ3) is 2.92. The molecule has 0 bridgehead atoms. The van der Waals surface area contributed by atoms with E-state index < -0.39 is 0 Å². The van der Waals surface area contributed by atoms with Gasteiger partial charge in [-0.3, -0.25) is 15.0 Å². The highest BCUT2D eigenvalue weighted by molar-refractivity contribution is 6.05. The van der Waals surface area contributed by atoms with Crippen LogP contribution in [-0.2, 0) is 4.79 Å². The lowest BCUT2D eigenvalue weighted by Crippen LogP contribution is -2.54. The molecule has 22 heavy (non-hydrogen) atoms. The molecule has 0 saturated carbocycles. The summed E-state index contributed by atoms with van der Waals surface area (Å²) in [6.07, 6.45) is 0.347. The SMILES string of the molecule is C[C@@H]1CN[C@@H](C)CN1c1ccc(N2CCC(=O)NC2=O)cc1. The molecule has 2 heterocycles. The van der Waals surface area contributed by atoms with Crippen LogP contribution in [0.15, 0.2) is 24.3 Å². The van der Waals surface area contributed by atoms with Crippen LogP contribution in [0.5, 0.6) is 0 Å². The molecule has 2 aliphatic rings. The van der Waals surface area contributed by atoms with Crippen LogP contribution in [0.25, 0.3) is 0 Å². The fraction of sp³-hybridized carbons (Fsp3) is 0.500. The predicted molar refractivity (Wildman–Crippen MR) is 86.2 cm³/mol. The van der Waals surface area contributed by atoms with E-state index >= 15 is 0 Å². The Balaban J connectivity index is 1.75. The van der Waals surface area contributed by atoms with Crippen molar-refractivity contribution in [1.29, 1.82) is 0 Å². The monoisotopic (exact) mass is 302 g/mol. The van der Waals surface area contributed by atoms with E-state index in [2.05, 4.69) is 29.4 Å². The van der Waals surface area contributed by atoms with Gasteiger partial charge in [-0.25, -0.2) is 4.79 Å². The van der Waals surface area contributed by atoms with Gasteiger partial charge in [0.1, 0.15) is 0 Å². The zero-order chi connectivity index (χ0) is 15.7. The van der Waals surface area contributed by atoms with Crippen molar-refractivity contribution in [2.75, 3.05) is 29.4 Å². The van der Waals surface area contributed by atoms with E-state index in [9.17, 15) is 9.59 Å². The molecule has 6 heteroatoms. The molecule has 2 saturated heterocycles. The number of hydrogen-bond acceptors (Lipinski definition) is 4. The Morgan fingerprint density at radius 1 is 1.09 bits per heavy atom. The van der Waals surface area contributed by atoms with E-state index in [0.29, 0.717) is 25.0 Å². The van der Waals surface area contributed by atoms with Crippen LogP contribution in [0.2, 0.25) is 0 Å². The fourth-order valence-corrected chi connectivity index (χ4v) is 3.02. The third-order valence-electron chi connectivity index (χ3n) is 4.31. The predicted octanol–water partition coefficient (Wildman–Crippen LogP) is 1.32. The number of carbonyl (C=O) groups is 2. The lowest BCUT2D eigenvalue weighted by Gasteiger charge is -2.39. The van der Waals surface area contributed by atoms with Gasteiger partial charge < -0.3 is 10.2 Å². The van der Waals surface area contributed by atoms with Crippen LogP contribution >= 0.6 is 0 Å². The zero-order valence-corrected chi connectivity index (χ0v) is 13.0. The van der Waals surface area contributed by atoms with E-state index in [1.54, 1.807) is 4.90 Å². The largest absolute Gasteiger partial charge is 0.366 e. The molecule has 2 N–H and O–H groups in total. The maximum Gasteiger partial charge on any atom is 0.328 e. The highest BCUT2D eigenvalue weighted by Gasteiger charge is 2.25. The first-order valence-corrected chi connectivity index (χ1v) is 7.76. The number of nitrogens with zero attached hydrogens (tertiary/aromatic N) is 2. The highest BCUT2D eigenvalue weighted by atomic mass is 16.2. The van der Waals surface area contributed by atoms with Gasteiger partial charge in [0.05, 0.1) is 0 Å². The minimum atomic E-state index is -0.340. The summed E-state index contributed by atoms with van der Waals surface area (Å²) in [7, 11) is 0. The van der Waals surface area contributed by atoms with Crippen LogP contribution in [0.3, 0.4) is 0 Å². The first kappa shape index (κ1) is 14.8. The summed E-state index contributed by atoms with van der Waals surface area (Å²) >= 11 is 0. The second kappa shape index (κ2) is 5.96. The standard InChI is InChI=1S/C16H22N4O2/c1-11-10-20(12(2)9-17-11)14-5-3-13(4-6-14)19-8-7-15(21)18-16(19)22/h3-6,11-12,17H,7-10H2,1-2H3,(H,18,21,22)/t11-,12+/m0/s1. The number of nitrogens with one attached hydrogen (secondary N) is 2. The van der Waals surface area contributed by atoms with Gasteiger partial charge in [0.2, 0.25) is 5.91 Å². The minimum Gasteiger partial charge on any atom is -0.366 e. The smallest absolute Gasteiger partial charge is 0.328 e. The molecule has 3 amide bonds. The number of imide groups is 1. The summed E-state index contributed by atoms with van der Waals surface area (Å²) in [5.41, 5.74) is 1.99. The maximum atomic E-state index is 11.9. The second-order valence-corrected chi connectivity index (χ2v) is 6.08. The van der Waals surface area contributed by atoms with Crippen molar-refractivity contribution in [2.45, 2.75) is 32.4 Å². The van der Waals surface area contributed by atoms with E-state index in [-0.39, 0.29) is 11.9 Å². The average molecular weight is 302 g/mol. The third-order valence-corrected chi connectivity index (χ3v) is 4.31. The molecule has 2 fully saturated rings.